The number of esters is 1. The van der Waals surface area contributed by atoms with E-state index in [-0.39, 0.29) is 11.8 Å². The maximum Gasteiger partial charge on any atom is 0.319 e. The molecule has 14 heavy (non-hydrogen) atoms. The highest BCUT2D eigenvalue weighted by Gasteiger charge is 2.53. The van der Waals surface area contributed by atoms with E-state index in [4.69, 9.17) is 10.5 Å². The maximum atomic E-state index is 11.4. The van der Waals surface area contributed by atoms with E-state index in [0.29, 0.717) is 0 Å². The molecule has 0 aromatic carbocycles. The van der Waals surface area contributed by atoms with Gasteiger partial charge in [0.05, 0.1) is 0 Å². The molecule has 0 unspecified atom stereocenters. The van der Waals surface area contributed by atoms with E-state index >= 15 is 0 Å². The third-order valence-corrected chi connectivity index (χ3v) is 2.80. The Labute approximate surface area is 83.8 Å². The fraction of sp³-hybridized carbons (Fsp3) is 0.800. The van der Waals surface area contributed by atoms with Crippen LogP contribution in [-0.4, -0.2) is 17.5 Å². The fourth-order valence-electron chi connectivity index (χ4n) is 2.42. The number of hydrogen-bond donors (Lipinski definition) is 1. The van der Waals surface area contributed by atoms with Crippen LogP contribution in [0.15, 0.2) is 0 Å². The van der Waals surface area contributed by atoms with Crippen molar-refractivity contribution in [2.24, 2.45) is 23.5 Å². The van der Waals surface area contributed by atoms with Crippen molar-refractivity contribution in [3.63, 3.8) is 0 Å². The maximum absolute atomic E-state index is 11.4. The average Bonchev–Trinajstić information content (AvgIpc) is 2.19. The topological polar surface area (TPSA) is 69.4 Å². The summed E-state index contributed by atoms with van der Waals surface area (Å²) in [5.41, 5.74) is 4.61. The van der Waals surface area contributed by atoms with E-state index in [1.165, 1.54) is 0 Å². The van der Waals surface area contributed by atoms with Crippen LogP contribution in [0.3, 0.4) is 0 Å². The van der Waals surface area contributed by atoms with E-state index < -0.39 is 23.4 Å². The van der Waals surface area contributed by atoms with Crippen LogP contribution in [0, 0.1) is 17.8 Å². The minimum atomic E-state index is -0.787. The molecule has 80 valence electrons. The lowest BCUT2D eigenvalue weighted by Gasteiger charge is -2.29. The fourth-order valence-corrected chi connectivity index (χ4v) is 2.42. The Morgan fingerprint density at radius 1 is 1.50 bits per heavy atom. The zero-order valence-electron chi connectivity index (χ0n) is 9.03. The molecule has 1 rings (SSSR count). The van der Waals surface area contributed by atoms with Gasteiger partial charge in [0, 0.05) is 5.92 Å². The third kappa shape index (κ3) is 1.61. The lowest BCUT2D eigenvalue weighted by atomic mass is 9.75. The van der Waals surface area contributed by atoms with Crippen molar-refractivity contribution in [1.29, 1.82) is 0 Å². The number of rotatable bonds is 2. The van der Waals surface area contributed by atoms with Crippen molar-refractivity contribution in [3.05, 3.63) is 0 Å². The molecule has 1 aliphatic rings. The molecule has 0 aromatic rings. The highest BCUT2D eigenvalue weighted by Crippen LogP contribution is 2.41. The summed E-state index contributed by atoms with van der Waals surface area (Å²) in [5.74, 6) is -1.80. The molecular weight excluding hydrogens is 182 g/mol. The molecule has 1 amide bonds. The predicted molar refractivity (Wildman–Crippen MR) is 51.2 cm³/mol. The van der Waals surface area contributed by atoms with Gasteiger partial charge >= 0.3 is 5.97 Å². The molecule has 0 bridgehead atoms. The second-order valence-electron chi connectivity index (χ2n) is 4.67. The van der Waals surface area contributed by atoms with Crippen LogP contribution in [0.5, 0.6) is 0 Å². The van der Waals surface area contributed by atoms with Gasteiger partial charge in [-0.1, -0.05) is 13.8 Å². The van der Waals surface area contributed by atoms with E-state index in [9.17, 15) is 9.59 Å². The summed E-state index contributed by atoms with van der Waals surface area (Å²) in [6, 6.07) is 0. The largest absolute Gasteiger partial charge is 0.459 e. The lowest BCUT2D eigenvalue weighted by Crippen LogP contribution is -2.39. The summed E-state index contributed by atoms with van der Waals surface area (Å²) in [5, 5.41) is 0. The Balaban J connectivity index is 3.05. The molecule has 0 saturated carbocycles. The molecule has 0 spiro atoms. The molecule has 1 heterocycles. The first-order chi connectivity index (χ1) is 6.27. The van der Waals surface area contributed by atoms with Crippen molar-refractivity contribution in [1.82, 2.24) is 0 Å². The minimum absolute atomic E-state index is 0.132. The summed E-state index contributed by atoms with van der Waals surface area (Å²) < 4.78 is 5.16. The van der Waals surface area contributed by atoms with Crippen LogP contribution >= 0.6 is 0 Å². The SMILES string of the molecule is CC(C)[C@H]1[C@@H](C(N)=O)C(=O)OC1(C)C. The zero-order chi connectivity index (χ0) is 11.1. The van der Waals surface area contributed by atoms with Crippen LogP contribution in [0.2, 0.25) is 0 Å². The molecule has 0 aliphatic carbocycles. The quantitative estimate of drug-likeness (QED) is 0.525. The van der Waals surface area contributed by atoms with Crippen molar-refractivity contribution < 1.29 is 14.3 Å². The molecular formula is C10H17NO3. The average molecular weight is 199 g/mol. The number of primary amides is 1. The second-order valence-corrected chi connectivity index (χ2v) is 4.67. The third-order valence-electron chi connectivity index (χ3n) is 2.80. The number of ether oxygens (including phenoxy) is 1. The number of amides is 1. The van der Waals surface area contributed by atoms with E-state index in [1.807, 2.05) is 27.7 Å². The molecule has 1 fully saturated rings. The molecule has 1 aliphatic heterocycles. The van der Waals surface area contributed by atoms with Crippen LogP contribution in [0.1, 0.15) is 27.7 Å². The summed E-state index contributed by atoms with van der Waals surface area (Å²) in [6.45, 7) is 7.56. The molecule has 2 atom stereocenters. The standard InChI is InChI=1S/C10H17NO3/c1-5(2)7-6(8(11)12)9(13)14-10(7,3)4/h5-7H,1-4H3,(H2,11,12)/t6-,7-/m0/s1. The van der Waals surface area contributed by atoms with E-state index in [2.05, 4.69) is 0 Å². The van der Waals surface area contributed by atoms with E-state index in [1.54, 1.807) is 0 Å². The number of nitrogens with two attached hydrogens (primary N) is 1. The first-order valence-electron chi connectivity index (χ1n) is 4.79. The number of cyclic esters (lactones) is 1. The highest BCUT2D eigenvalue weighted by atomic mass is 16.6. The van der Waals surface area contributed by atoms with Gasteiger partial charge in [-0.05, 0) is 19.8 Å². The second kappa shape index (κ2) is 3.26. The van der Waals surface area contributed by atoms with Crippen molar-refractivity contribution >= 4 is 11.9 Å². The van der Waals surface area contributed by atoms with Gasteiger partial charge in [-0.2, -0.15) is 0 Å². The van der Waals surface area contributed by atoms with Gasteiger partial charge in [-0.25, -0.2) is 0 Å². The molecule has 4 nitrogen and oxygen atoms in total. The number of carbonyl (C=O) groups excluding carboxylic acids is 2. The smallest absolute Gasteiger partial charge is 0.319 e. The van der Waals surface area contributed by atoms with Gasteiger partial charge in [-0.3, -0.25) is 9.59 Å². The Morgan fingerprint density at radius 3 is 2.29 bits per heavy atom. The van der Waals surface area contributed by atoms with Gasteiger partial charge < -0.3 is 10.5 Å². The molecule has 1 saturated heterocycles. The number of carbonyl (C=O) groups is 2. The highest BCUT2D eigenvalue weighted by molar-refractivity contribution is 5.99. The minimum Gasteiger partial charge on any atom is -0.459 e. The number of hydrogen-bond acceptors (Lipinski definition) is 3. The monoisotopic (exact) mass is 199 g/mol. The van der Waals surface area contributed by atoms with Crippen LogP contribution in [0.25, 0.3) is 0 Å². The van der Waals surface area contributed by atoms with Gasteiger partial charge in [0.1, 0.15) is 11.5 Å². The molecule has 0 aromatic heterocycles. The van der Waals surface area contributed by atoms with Crippen LogP contribution < -0.4 is 5.73 Å². The van der Waals surface area contributed by atoms with Crippen molar-refractivity contribution in [3.8, 4) is 0 Å². The van der Waals surface area contributed by atoms with Crippen LogP contribution in [0.4, 0.5) is 0 Å². The zero-order valence-corrected chi connectivity index (χ0v) is 9.03. The van der Waals surface area contributed by atoms with Gasteiger partial charge in [0.25, 0.3) is 0 Å². The van der Waals surface area contributed by atoms with Crippen LogP contribution in [-0.2, 0) is 14.3 Å². The summed E-state index contributed by atoms with van der Waals surface area (Å²) >= 11 is 0. The summed E-state index contributed by atoms with van der Waals surface area (Å²) in [4.78, 5) is 22.6. The molecule has 4 heteroatoms. The summed E-state index contributed by atoms with van der Waals surface area (Å²) in [7, 11) is 0. The Morgan fingerprint density at radius 2 is 2.00 bits per heavy atom. The predicted octanol–water partition coefficient (Wildman–Crippen LogP) is 0.695. The van der Waals surface area contributed by atoms with Gasteiger partial charge in [-0.15, -0.1) is 0 Å². The first-order valence-corrected chi connectivity index (χ1v) is 4.79. The normalized spacial score (nSPS) is 30.5. The first kappa shape index (κ1) is 11.0. The Kier molecular flexibility index (Phi) is 2.56. The Hall–Kier alpha value is -1.06. The molecule has 0 radical (unpaired) electrons. The summed E-state index contributed by atoms with van der Waals surface area (Å²) in [6.07, 6.45) is 0. The van der Waals surface area contributed by atoms with Crippen molar-refractivity contribution in [2.75, 3.05) is 0 Å². The van der Waals surface area contributed by atoms with E-state index in [0.717, 1.165) is 0 Å². The van der Waals surface area contributed by atoms with Crippen molar-refractivity contribution in [2.45, 2.75) is 33.3 Å². The van der Waals surface area contributed by atoms with Gasteiger partial charge in [0.2, 0.25) is 5.91 Å². The molecule has 2 N–H and O–H groups in total. The Bertz CT molecular complexity index is 271. The lowest BCUT2D eigenvalue weighted by molar-refractivity contribution is -0.150. The van der Waals surface area contributed by atoms with Gasteiger partial charge in [0.15, 0.2) is 0 Å².